The maximum atomic E-state index is 12.0. The van der Waals surface area contributed by atoms with E-state index < -0.39 is 29.4 Å². The Kier molecular flexibility index (Phi) is 4.76. The highest BCUT2D eigenvalue weighted by molar-refractivity contribution is 7.86. The highest BCUT2D eigenvalue weighted by atomic mass is 32.2. The average molecular weight is 275 g/mol. The quantitative estimate of drug-likeness (QED) is 0.787. The number of halogens is 3. The van der Waals surface area contributed by atoms with Crippen LogP contribution < -0.4 is 5.32 Å². The first kappa shape index (κ1) is 14.7. The fourth-order valence-electron chi connectivity index (χ4n) is 1.47. The van der Waals surface area contributed by atoms with Gasteiger partial charge in [-0.1, -0.05) is 0 Å². The van der Waals surface area contributed by atoms with E-state index in [1.165, 1.54) is 11.4 Å². The molecule has 5 nitrogen and oxygen atoms in total. The third kappa shape index (κ3) is 4.41. The molecule has 0 aromatic rings. The van der Waals surface area contributed by atoms with E-state index >= 15 is 0 Å². The molecule has 1 aliphatic heterocycles. The van der Waals surface area contributed by atoms with E-state index in [4.69, 9.17) is 0 Å². The third-order valence-electron chi connectivity index (χ3n) is 2.51. The number of hydrogen-bond acceptors (Lipinski definition) is 3. The SMILES string of the molecule is CN(CCC(F)(F)F)S(=O)(=O)N1CCNCC1. The summed E-state index contributed by atoms with van der Waals surface area (Å²) in [6, 6.07) is 0. The molecule has 0 radical (unpaired) electrons. The normalized spacial score (nSPS) is 19.8. The van der Waals surface area contributed by atoms with Crippen molar-refractivity contribution in [1.82, 2.24) is 13.9 Å². The van der Waals surface area contributed by atoms with Crippen molar-refractivity contribution in [2.45, 2.75) is 12.6 Å². The molecule has 1 heterocycles. The monoisotopic (exact) mass is 275 g/mol. The number of nitrogens with one attached hydrogen (secondary N) is 1. The zero-order valence-electron chi connectivity index (χ0n) is 9.50. The number of nitrogens with zero attached hydrogens (tertiary/aromatic N) is 2. The molecule has 1 N–H and O–H groups in total. The summed E-state index contributed by atoms with van der Waals surface area (Å²) in [5, 5.41) is 2.98. The predicted molar refractivity (Wildman–Crippen MR) is 56.7 cm³/mol. The largest absolute Gasteiger partial charge is 0.390 e. The fourth-order valence-corrected chi connectivity index (χ4v) is 2.83. The molecule has 0 saturated carbocycles. The first-order chi connectivity index (χ1) is 7.73. The summed E-state index contributed by atoms with van der Waals surface area (Å²) in [5.41, 5.74) is 0. The minimum atomic E-state index is -4.34. The maximum Gasteiger partial charge on any atom is 0.390 e. The van der Waals surface area contributed by atoms with Gasteiger partial charge in [-0.25, -0.2) is 0 Å². The molecule has 17 heavy (non-hydrogen) atoms. The van der Waals surface area contributed by atoms with Gasteiger partial charge in [0.15, 0.2) is 0 Å². The summed E-state index contributed by atoms with van der Waals surface area (Å²) in [7, 11) is -2.59. The summed E-state index contributed by atoms with van der Waals surface area (Å²) in [6.07, 6.45) is -5.47. The summed E-state index contributed by atoms with van der Waals surface area (Å²) in [4.78, 5) is 0. The Balaban J connectivity index is 2.56. The van der Waals surface area contributed by atoms with Crippen LogP contribution in [-0.2, 0) is 10.2 Å². The molecule has 0 unspecified atom stereocenters. The maximum absolute atomic E-state index is 12.0. The molecule has 1 fully saturated rings. The lowest BCUT2D eigenvalue weighted by molar-refractivity contribution is -0.135. The lowest BCUT2D eigenvalue weighted by atomic mass is 10.4. The molecule has 0 aliphatic carbocycles. The van der Waals surface area contributed by atoms with E-state index in [0.717, 1.165) is 4.31 Å². The van der Waals surface area contributed by atoms with E-state index in [1.54, 1.807) is 0 Å². The van der Waals surface area contributed by atoms with Gasteiger partial charge < -0.3 is 5.32 Å². The first-order valence-corrected chi connectivity index (χ1v) is 6.62. The molecule has 0 spiro atoms. The number of piperazine rings is 1. The Bertz CT molecular complexity index is 338. The van der Waals surface area contributed by atoms with Crippen LogP contribution in [0.15, 0.2) is 0 Å². The average Bonchev–Trinajstić information content (AvgIpc) is 2.26. The molecule has 9 heteroatoms. The van der Waals surface area contributed by atoms with Gasteiger partial charge in [0.1, 0.15) is 0 Å². The minimum Gasteiger partial charge on any atom is -0.314 e. The summed E-state index contributed by atoms with van der Waals surface area (Å²) < 4.78 is 61.7. The molecule has 0 aromatic heterocycles. The second-order valence-corrected chi connectivity index (χ2v) is 5.88. The van der Waals surface area contributed by atoms with Crippen LogP contribution >= 0.6 is 0 Å². The molecule has 0 amide bonds. The molecule has 0 aromatic carbocycles. The highest BCUT2D eigenvalue weighted by Gasteiger charge is 2.32. The molecule has 1 saturated heterocycles. The van der Waals surface area contributed by atoms with Crippen LogP contribution in [0, 0.1) is 0 Å². The van der Waals surface area contributed by atoms with Crippen LogP contribution in [0.1, 0.15) is 6.42 Å². The van der Waals surface area contributed by atoms with Crippen molar-refractivity contribution in [2.24, 2.45) is 0 Å². The number of hydrogen-bond donors (Lipinski definition) is 1. The summed E-state index contributed by atoms with van der Waals surface area (Å²) in [5.74, 6) is 0. The third-order valence-corrected chi connectivity index (χ3v) is 4.49. The Morgan fingerprint density at radius 2 is 1.82 bits per heavy atom. The lowest BCUT2D eigenvalue weighted by Gasteiger charge is -2.30. The topological polar surface area (TPSA) is 52.7 Å². The Labute approximate surface area is 98.8 Å². The van der Waals surface area contributed by atoms with E-state index in [2.05, 4.69) is 5.32 Å². The molecule has 1 aliphatic rings. The van der Waals surface area contributed by atoms with E-state index in [1.807, 2.05) is 0 Å². The van der Waals surface area contributed by atoms with Gasteiger partial charge in [-0.3, -0.25) is 0 Å². The summed E-state index contributed by atoms with van der Waals surface area (Å²) in [6.45, 7) is 1.08. The second kappa shape index (κ2) is 5.51. The van der Waals surface area contributed by atoms with Crippen LogP contribution in [0.2, 0.25) is 0 Å². The van der Waals surface area contributed by atoms with Gasteiger partial charge in [0.25, 0.3) is 10.2 Å². The number of rotatable bonds is 4. The summed E-state index contributed by atoms with van der Waals surface area (Å²) >= 11 is 0. The van der Waals surface area contributed by atoms with Gasteiger partial charge in [-0.2, -0.15) is 30.2 Å². The van der Waals surface area contributed by atoms with Crippen molar-refractivity contribution >= 4 is 10.2 Å². The molecule has 102 valence electrons. The number of alkyl halides is 3. The van der Waals surface area contributed by atoms with Crippen LogP contribution in [0.3, 0.4) is 0 Å². The zero-order valence-corrected chi connectivity index (χ0v) is 10.3. The Morgan fingerprint density at radius 3 is 2.29 bits per heavy atom. The second-order valence-electron chi connectivity index (χ2n) is 3.84. The van der Waals surface area contributed by atoms with Crippen molar-refractivity contribution in [1.29, 1.82) is 0 Å². The van der Waals surface area contributed by atoms with Crippen molar-refractivity contribution in [2.75, 3.05) is 39.8 Å². The van der Waals surface area contributed by atoms with Crippen LogP contribution in [0.5, 0.6) is 0 Å². The van der Waals surface area contributed by atoms with Crippen molar-refractivity contribution in [3.05, 3.63) is 0 Å². The zero-order chi connectivity index (χ0) is 13.1. The Hall–Kier alpha value is -0.380. The fraction of sp³-hybridized carbons (Fsp3) is 1.00. The smallest absolute Gasteiger partial charge is 0.314 e. The van der Waals surface area contributed by atoms with Gasteiger partial charge >= 0.3 is 6.18 Å². The predicted octanol–water partition coefficient (Wildman–Crippen LogP) is 0.0206. The highest BCUT2D eigenvalue weighted by Crippen LogP contribution is 2.20. The molecular formula is C8H16F3N3O2S. The van der Waals surface area contributed by atoms with Crippen LogP contribution in [-0.4, -0.2) is 63.0 Å². The molecule has 1 rings (SSSR count). The lowest BCUT2D eigenvalue weighted by Crippen LogP contribution is -2.51. The molecular weight excluding hydrogens is 259 g/mol. The first-order valence-electron chi connectivity index (χ1n) is 5.22. The van der Waals surface area contributed by atoms with Crippen LogP contribution in [0.25, 0.3) is 0 Å². The minimum absolute atomic E-state index is 0.290. The Morgan fingerprint density at radius 1 is 1.29 bits per heavy atom. The van der Waals surface area contributed by atoms with Gasteiger partial charge in [0, 0.05) is 39.8 Å². The van der Waals surface area contributed by atoms with E-state index in [0.29, 0.717) is 26.2 Å². The van der Waals surface area contributed by atoms with E-state index in [-0.39, 0.29) is 0 Å². The molecule has 0 atom stereocenters. The van der Waals surface area contributed by atoms with Gasteiger partial charge in [-0.05, 0) is 0 Å². The van der Waals surface area contributed by atoms with Crippen LogP contribution in [0.4, 0.5) is 13.2 Å². The van der Waals surface area contributed by atoms with Crippen molar-refractivity contribution in [3.63, 3.8) is 0 Å². The standard InChI is InChI=1S/C8H16F3N3O2S/c1-13(5-2-8(9,10)11)17(15,16)14-6-3-12-4-7-14/h12H,2-7H2,1H3. The van der Waals surface area contributed by atoms with E-state index in [9.17, 15) is 21.6 Å². The van der Waals surface area contributed by atoms with Gasteiger partial charge in [-0.15, -0.1) is 0 Å². The van der Waals surface area contributed by atoms with Gasteiger partial charge in [0.05, 0.1) is 6.42 Å². The van der Waals surface area contributed by atoms with Crippen molar-refractivity contribution in [3.8, 4) is 0 Å². The van der Waals surface area contributed by atoms with Crippen molar-refractivity contribution < 1.29 is 21.6 Å². The molecule has 0 bridgehead atoms. The van der Waals surface area contributed by atoms with Gasteiger partial charge in [0.2, 0.25) is 0 Å².